The zero-order valence-corrected chi connectivity index (χ0v) is 64.4. The third-order valence-corrected chi connectivity index (χ3v) is 17.8. The highest BCUT2D eigenvalue weighted by atomic mass is 31.2. The Morgan fingerprint density at radius 3 is 0.850 bits per heavy atom. The molecule has 0 amide bonds. The van der Waals surface area contributed by atoms with E-state index < -0.39 is 97.5 Å². The highest BCUT2D eigenvalue weighted by molar-refractivity contribution is 7.47. The summed E-state index contributed by atoms with van der Waals surface area (Å²) < 4.78 is 68.4. The van der Waals surface area contributed by atoms with Gasteiger partial charge < -0.3 is 33.8 Å². The monoisotopic (exact) mass is 1440 g/mol. The largest absolute Gasteiger partial charge is 0.472 e. The molecule has 19 heteroatoms. The van der Waals surface area contributed by atoms with Crippen LogP contribution in [0.1, 0.15) is 310 Å². The van der Waals surface area contributed by atoms with E-state index >= 15 is 0 Å². The first-order valence-corrected chi connectivity index (χ1v) is 41.8. The summed E-state index contributed by atoms with van der Waals surface area (Å²) in [5.41, 5.74) is 0. The number of phosphoric ester groups is 2. The number of phosphoric acid groups is 2. The van der Waals surface area contributed by atoms with Crippen LogP contribution < -0.4 is 0 Å². The van der Waals surface area contributed by atoms with E-state index in [-0.39, 0.29) is 25.7 Å². The first-order chi connectivity index (χ1) is 48.7. The maximum absolute atomic E-state index is 13.1. The maximum atomic E-state index is 13.1. The SMILES string of the molecule is CC/C=C\C/C=C\C/C=C\C/C=C\C/C=C\CCCCCC(=O)OCC(COP(=O)(O)OCC(O)COP(=O)(O)OCC(COC(=O)CCCCCCCC/C=C\C/C=C\C/C=C\C/C=C\CC)OC(=O)CCCCCCCCCCCCC)OC(=O)CCCCCCC/C=C\CCCC. The maximum Gasteiger partial charge on any atom is 0.472 e. The van der Waals surface area contributed by atoms with Gasteiger partial charge in [0, 0.05) is 25.7 Å². The molecular formula is C81H138O17P2. The number of rotatable bonds is 72. The Labute approximate surface area is 606 Å². The first kappa shape index (κ1) is 95.5. The van der Waals surface area contributed by atoms with Crippen molar-refractivity contribution in [3.63, 3.8) is 0 Å². The summed E-state index contributed by atoms with van der Waals surface area (Å²) in [7, 11) is -9.96. The van der Waals surface area contributed by atoms with E-state index in [1.54, 1.807) is 0 Å². The minimum Gasteiger partial charge on any atom is -0.462 e. The van der Waals surface area contributed by atoms with Crippen LogP contribution in [-0.2, 0) is 65.4 Å². The third kappa shape index (κ3) is 71.8. The molecule has 5 unspecified atom stereocenters. The topological polar surface area (TPSA) is 237 Å². The summed E-state index contributed by atoms with van der Waals surface area (Å²) in [5, 5.41) is 10.6. The van der Waals surface area contributed by atoms with Gasteiger partial charge >= 0.3 is 39.5 Å². The van der Waals surface area contributed by atoms with Gasteiger partial charge in [0.05, 0.1) is 26.4 Å². The van der Waals surface area contributed by atoms with Crippen LogP contribution in [0, 0.1) is 0 Å². The van der Waals surface area contributed by atoms with Crippen molar-refractivity contribution in [3.8, 4) is 0 Å². The fourth-order valence-electron chi connectivity index (χ4n) is 10.0. The summed E-state index contributed by atoms with van der Waals surface area (Å²) in [5.74, 6) is -2.23. The second-order valence-corrected chi connectivity index (χ2v) is 28.4. The van der Waals surface area contributed by atoms with Crippen molar-refractivity contribution in [2.45, 2.75) is 329 Å². The van der Waals surface area contributed by atoms with Crippen molar-refractivity contribution in [2.24, 2.45) is 0 Å². The van der Waals surface area contributed by atoms with Crippen LogP contribution >= 0.6 is 15.6 Å². The number of hydrogen-bond donors (Lipinski definition) is 3. The molecule has 3 N–H and O–H groups in total. The molecule has 0 bridgehead atoms. The Morgan fingerprint density at radius 1 is 0.290 bits per heavy atom. The van der Waals surface area contributed by atoms with Crippen LogP contribution in [0.2, 0.25) is 0 Å². The average Bonchev–Trinajstić information content (AvgIpc) is 0.953. The normalized spacial score (nSPS) is 14.6. The molecule has 0 fully saturated rings. The zero-order chi connectivity index (χ0) is 73.2. The molecule has 0 rings (SSSR count). The number of aliphatic hydroxyl groups excluding tert-OH is 1. The molecule has 0 radical (unpaired) electrons. The number of hydrogen-bond acceptors (Lipinski definition) is 15. The summed E-state index contributed by atoms with van der Waals surface area (Å²) in [6.45, 7) is 4.54. The lowest BCUT2D eigenvalue weighted by atomic mass is 10.1. The van der Waals surface area contributed by atoms with Gasteiger partial charge in [-0.25, -0.2) is 9.13 Å². The van der Waals surface area contributed by atoms with Crippen LogP contribution in [-0.4, -0.2) is 96.7 Å². The number of ether oxygens (including phenoxy) is 4. The Bertz CT molecular complexity index is 2370. The van der Waals surface area contributed by atoms with Crippen LogP contribution in [0.5, 0.6) is 0 Å². The minimum absolute atomic E-state index is 0.0752. The van der Waals surface area contributed by atoms with Gasteiger partial charge in [0.2, 0.25) is 0 Å². The van der Waals surface area contributed by atoms with Gasteiger partial charge in [0.1, 0.15) is 19.3 Å². The molecule has 0 aliphatic carbocycles. The fraction of sp³-hybridized carbons (Fsp3) is 0.704. The highest BCUT2D eigenvalue weighted by Crippen LogP contribution is 2.45. The lowest BCUT2D eigenvalue weighted by molar-refractivity contribution is -0.161. The molecule has 0 aromatic heterocycles. The van der Waals surface area contributed by atoms with Crippen molar-refractivity contribution in [1.82, 2.24) is 0 Å². The summed E-state index contributed by atoms with van der Waals surface area (Å²) in [6, 6.07) is 0. The van der Waals surface area contributed by atoms with Gasteiger partial charge in [-0.05, 0) is 128 Å². The van der Waals surface area contributed by atoms with E-state index in [9.17, 15) is 43.2 Å². The highest BCUT2D eigenvalue weighted by Gasteiger charge is 2.30. The molecular weight excluding hydrogens is 1310 g/mol. The lowest BCUT2D eigenvalue weighted by Gasteiger charge is -2.21. The smallest absolute Gasteiger partial charge is 0.462 e. The second-order valence-electron chi connectivity index (χ2n) is 25.5. The van der Waals surface area contributed by atoms with E-state index in [0.717, 1.165) is 180 Å². The molecule has 0 saturated carbocycles. The average molecular weight is 1450 g/mol. The molecule has 0 saturated heterocycles. The number of aliphatic hydroxyl groups is 1. The summed E-state index contributed by atoms with van der Waals surface area (Å²) >= 11 is 0. The standard InChI is InChI=1S/C81H138O17P2/c1-5-9-13-17-21-25-29-31-33-35-37-39-41-43-47-49-53-57-61-65-78(83)91-71-76(97-80(85)67-63-59-55-51-45-27-23-19-15-11-7-3)73-95-99(87,88)93-69-75(82)70-94-100(89,90)96-74-77(98-81(86)68-64-60-56-52-46-28-24-20-16-12-8-4)72-92-79(84)66-62-58-54-50-48-44-42-40-38-36-34-32-30-26-22-18-14-10-6-2/h9-10,13-14,19,21-23,25-26,31-34,37-40,43,47,75-77,82H,5-8,11-12,15-18,20,24,27-30,35-36,41-42,44-46,48-74H2,1-4H3,(H,87,88)(H,89,90)/b13-9-,14-10-,23-19-,25-21-,26-22-,33-31-,34-32-,39-37-,40-38-,47-43-. The van der Waals surface area contributed by atoms with Gasteiger partial charge in [-0.2, -0.15) is 0 Å². The van der Waals surface area contributed by atoms with Crippen molar-refractivity contribution in [2.75, 3.05) is 39.6 Å². The lowest BCUT2D eigenvalue weighted by Crippen LogP contribution is -2.30. The van der Waals surface area contributed by atoms with E-state index in [2.05, 4.69) is 149 Å². The predicted octanol–water partition coefficient (Wildman–Crippen LogP) is 22.3. The summed E-state index contributed by atoms with van der Waals surface area (Å²) in [6.07, 6.45) is 79.1. The Morgan fingerprint density at radius 2 is 0.530 bits per heavy atom. The van der Waals surface area contributed by atoms with Crippen molar-refractivity contribution in [3.05, 3.63) is 122 Å². The number of esters is 4. The zero-order valence-electron chi connectivity index (χ0n) is 62.6. The molecule has 0 aliphatic rings. The Kier molecular flexibility index (Phi) is 69.5. The fourth-order valence-corrected chi connectivity index (χ4v) is 11.6. The van der Waals surface area contributed by atoms with Crippen molar-refractivity contribution in [1.29, 1.82) is 0 Å². The molecule has 100 heavy (non-hydrogen) atoms. The van der Waals surface area contributed by atoms with Gasteiger partial charge in [0.15, 0.2) is 12.2 Å². The predicted molar refractivity (Wildman–Crippen MR) is 408 cm³/mol. The van der Waals surface area contributed by atoms with Crippen LogP contribution in [0.25, 0.3) is 0 Å². The van der Waals surface area contributed by atoms with E-state index in [0.29, 0.717) is 25.7 Å². The van der Waals surface area contributed by atoms with Crippen LogP contribution in [0.15, 0.2) is 122 Å². The van der Waals surface area contributed by atoms with Gasteiger partial charge in [-0.1, -0.05) is 278 Å². The van der Waals surface area contributed by atoms with Crippen LogP contribution in [0.3, 0.4) is 0 Å². The first-order valence-electron chi connectivity index (χ1n) is 38.8. The molecule has 0 aromatic rings. The quantitative estimate of drug-likeness (QED) is 0.0169. The molecule has 0 aromatic carbocycles. The summed E-state index contributed by atoms with van der Waals surface area (Å²) in [4.78, 5) is 72.8. The van der Waals surface area contributed by atoms with Gasteiger partial charge in [-0.15, -0.1) is 0 Å². The molecule has 17 nitrogen and oxygen atoms in total. The van der Waals surface area contributed by atoms with Gasteiger partial charge in [0.25, 0.3) is 0 Å². The van der Waals surface area contributed by atoms with E-state index in [1.807, 2.05) is 0 Å². The second kappa shape index (κ2) is 72.8. The number of carbonyl (C=O) groups is 4. The van der Waals surface area contributed by atoms with Crippen molar-refractivity contribution < 1.29 is 80.2 Å². The molecule has 574 valence electrons. The molecule has 5 atom stereocenters. The minimum atomic E-state index is -4.98. The van der Waals surface area contributed by atoms with Crippen molar-refractivity contribution >= 4 is 39.5 Å². The molecule has 0 heterocycles. The van der Waals surface area contributed by atoms with E-state index in [1.165, 1.54) is 51.4 Å². The number of carbonyl (C=O) groups excluding carboxylic acids is 4. The number of unbranched alkanes of at least 4 members (excludes halogenated alkanes) is 26. The molecule has 0 aliphatic heterocycles. The Hall–Kier alpha value is -4.54. The van der Waals surface area contributed by atoms with Gasteiger partial charge in [-0.3, -0.25) is 37.3 Å². The van der Waals surface area contributed by atoms with Crippen LogP contribution in [0.4, 0.5) is 0 Å². The Balaban J connectivity index is 5.31. The third-order valence-electron chi connectivity index (χ3n) is 15.9. The molecule has 0 spiro atoms. The number of allylic oxidation sites excluding steroid dienone is 20. The van der Waals surface area contributed by atoms with E-state index in [4.69, 9.17) is 37.0 Å².